The Labute approximate surface area is 161 Å². The highest BCUT2D eigenvalue weighted by atomic mass is 35.5. The zero-order valence-electron chi connectivity index (χ0n) is 14.9. The van der Waals surface area contributed by atoms with Crippen LogP contribution in [0.5, 0.6) is 0 Å². The molecule has 6 nitrogen and oxygen atoms in total. The zero-order chi connectivity index (χ0) is 20.4. The molecule has 0 radical (unpaired) electrons. The maximum atomic E-state index is 15.1. The van der Waals surface area contributed by atoms with E-state index in [2.05, 4.69) is 21.5 Å². The Bertz CT molecular complexity index is 917. The Morgan fingerprint density at radius 1 is 1.48 bits per heavy atom. The third-order valence-corrected chi connectivity index (χ3v) is 5.50. The van der Waals surface area contributed by atoms with Gasteiger partial charge in [0.1, 0.15) is 6.10 Å². The molecule has 0 amide bonds. The third kappa shape index (κ3) is 5.04. The van der Waals surface area contributed by atoms with Crippen LogP contribution in [0.2, 0.25) is 5.02 Å². The second-order valence-electron chi connectivity index (χ2n) is 6.60. The summed E-state index contributed by atoms with van der Waals surface area (Å²) >= 11 is 5.98. The number of hydrogen-bond acceptors (Lipinski definition) is 4. The van der Waals surface area contributed by atoms with Gasteiger partial charge >= 0.3 is 0 Å². The van der Waals surface area contributed by atoms with Crippen LogP contribution in [0.25, 0.3) is 10.9 Å². The van der Waals surface area contributed by atoms with Gasteiger partial charge in [-0.15, -0.1) is 6.58 Å². The maximum absolute atomic E-state index is 15.1. The molecule has 3 N–H and O–H groups in total. The van der Waals surface area contributed by atoms with Crippen LogP contribution in [0, 0.1) is 11.8 Å². The molecule has 3 atom stereocenters. The summed E-state index contributed by atoms with van der Waals surface area (Å²) in [4.78, 5) is 0. The molecule has 0 aliphatic rings. The monoisotopic (exact) mass is 421 g/mol. The van der Waals surface area contributed by atoms with Gasteiger partial charge in [0, 0.05) is 28.4 Å². The van der Waals surface area contributed by atoms with Gasteiger partial charge in [-0.1, -0.05) is 24.6 Å². The lowest BCUT2D eigenvalue weighted by atomic mass is 9.82. The molecule has 0 saturated carbocycles. The normalized spacial score (nSPS) is 16.2. The fourth-order valence-electron chi connectivity index (χ4n) is 2.97. The van der Waals surface area contributed by atoms with Crippen LogP contribution < -0.4 is 4.72 Å². The minimum atomic E-state index is -3.56. The average molecular weight is 422 g/mol. The predicted molar refractivity (Wildman–Crippen MR) is 101 cm³/mol. The SMILES string of the molecule is C=CC[C@H](CNS(C)(=O)=O)[C@@H](C)C(F)(F)C(O)c1cc(Cl)cc2cn[nH]c12. The lowest BCUT2D eigenvalue weighted by Gasteiger charge is -2.34. The van der Waals surface area contributed by atoms with Crippen molar-refractivity contribution >= 4 is 32.5 Å². The van der Waals surface area contributed by atoms with Crippen molar-refractivity contribution in [2.24, 2.45) is 11.8 Å². The van der Waals surface area contributed by atoms with Crippen LogP contribution in [0.4, 0.5) is 8.78 Å². The maximum Gasteiger partial charge on any atom is 0.280 e. The van der Waals surface area contributed by atoms with E-state index in [0.29, 0.717) is 5.39 Å². The number of hydrogen-bond donors (Lipinski definition) is 3. The fraction of sp³-hybridized carbons (Fsp3) is 0.471. The Hall–Kier alpha value is -1.55. The summed E-state index contributed by atoms with van der Waals surface area (Å²) in [6, 6.07) is 2.82. The van der Waals surface area contributed by atoms with Crippen LogP contribution in [0.1, 0.15) is 25.0 Å². The summed E-state index contributed by atoms with van der Waals surface area (Å²) in [5.74, 6) is -5.68. The number of fused-ring (bicyclic) bond motifs is 1. The van der Waals surface area contributed by atoms with Gasteiger partial charge in [-0.25, -0.2) is 21.9 Å². The molecule has 0 aliphatic carbocycles. The van der Waals surface area contributed by atoms with E-state index in [9.17, 15) is 13.5 Å². The molecule has 0 saturated heterocycles. The Kier molecular flexibility index (Phi) is 6.62. The van der Waals surface area contributed by atoms with Crippen molar-refractivity contribution < 1.29 is 22.3 Å². The molecule has 27 heavy (non-hydrogen) atoms. The van der Waals surface area contributed by atoms with Crippen molar-refractivity contribution in [1.29, 1.82) is 0 Å². The Balaban J connectivity index is 2.35. The Morgan fingerprint density at radius 2 is 2.15 bits per heavy atom. The highest BCUT2D eigenvalue weighted by Gasteiger charge is 2.48. The molecule has 0 aliphatic heterocycles. The van der Waals surface area contributed by atoms with Crippen LogP contribution in [0.15, 0.2) is 31.0 Å². The molecule has 1 aromatic carbocycles. The lowest BCUT2D eigenvalue weighted by molar-refractivity contribution is -0.158. The number of H-pyrrole nitrogens is 1. The van der Waals surface area contributed by atoms with E-state index in [4.69, 9.17) is 11.6 Å². The van der Waals surface area contributed by atoms with Crippen LogP contribution in [-0.2, 0) is 10.0 Å². The number of aromatic amines is 1. The molecule has 0 fully saturated rings. The first-order valence-corrected chi connectivity index (χ1v) is 10.5. The first-order valence-electron chi connectivity index (χ1n) is 8.21. The number of nitrogens with zero attached hydrogens (tertiary/aromatic N) is 1. The third-order valence-electron chi connectivity index (χ3n) is 4.59. The van der Waals surface area contributed by atoms with E-state index >= 15 is 8.78 Å². The van der Waals surface area contributed by atoms with E-state index in [1.807, 2.05) is 0 Å². The fourth-order valence-corrected chi connectivity index (χ4v) is 3.72. The number of allylic oxidation sites excluding steroid dienone is 1. The zero-order valence-corrected chi connectivity index (χ0v) is 16.5. The van der Waals surface area contributed by atoms with Gasteiger partial charge in [0.25, 0.3) is 5.92 Å². The van der Waals surface area contributed by atoms with E-state index in [0.717, 1.165) is 6.26 Å². The number of aliphatic hydroxyl groups is 1. The average Bonchev–Trinajstić information content (AvgIpc) is 3.03. The summed E-state index contributed by atoms with van der Waals surface area (Å²) in [5, 5.41) is 17.6. The van der Waals surface area contributed by atoms with E-state index < -0.39 is 33.9 Å². The molecular weight excluding hydrogens is 400 g/mol. The first kappa shape index (κ1) is 21.7. The second kappa shape index (κ2) is 8.22. The summed E-state index contributed by atoms with van der Waals surface area (Å²) in [7, 11) is -3.54. The number of rotatable bonds is 9. The molecule has 0 spiro atoms. The van der Waals surface area contributed by atoms with Crippen LogP contribution in [-0.4, -0.2) is 42.4 Å². The molecule has 2 rings (SSSR count). The molecule has 150 valence electrons. The van der Waals surface area contributed by atoms with Crippen LogP contribution >= 0.6 is 11.6 Å². The van der Waals surface area contributed by atoms with Gasteiger partial charge in [-0.05, 0) is 24.5 Å². The van der Waals surface area contributed by atoms with Crippen molar-refractivity contribution in [1.82, 2.24) is 14.9 Å². The highest BCUT2D eigenvalue weighted by Crippen LogP contribution is 2.43. The minimum absolute atomic E-state index is 0.0692. The van der Waals surface area contributed by atoms with Gasteiger partial charge in [-0.3, -0.25) is 5.10 Å². The summed E-state index contributed by atoms with van der Waals surface area (Å²) in [6.07, 6.45) is 1.83. The Morgan fingerprint density at radius 3 is 2.74 bits per heavy atom. The molecular formula is C17H22ClF2N3O3S. The van der Waals surface area contributed by atoms with Crippen molar-refractivity contribution in [2.75, 3.05) is 12.8 Å². The molecule has 10 heteroatoms. The second-order valence-corrected chi connectivity index (χ2v) is 8.87. The standard InChI is InChI=1S/C17H22ClF2N3O3S/c1-4-5-11(9-22-27(3,25)26)10(2)17(19,20)16(24)14-7-13(18)6-12-8-21-23-15(12)14/h4,6-8,10-11,16,22,24H,1,5,9H2,2-3H3,(H,21,23)/t10-,11-,16?/m1/s1. The molecule has 1 aromatic heterocycles. The van der Waals surface area contributed by atoms with Crippen molar-refractivity contribution in [2.45, 2.75) is 25.4 Å². The van der Waals surface area contributed by atoms with Crippen molar-refractivity contribution in [3.05, 3.63) is 41.6 Å². The topological polar surface area (TPSA) is 95.1 Å². The smallest absolute Gasteiger partial charge is 0.280 e. The summed E-state index contributed by atoms with van der Waals surface area (Å²) in [5.41, 5.74) is 0.202. The summed E-state index contributed by atoms with van der Waals surface area (Å²) in [6.45, 7) is 4.63. The molecule has 2 aromatic rings. The predicted octanol–water partition coefficient (Wildman–Crippen LogP) is 3.26. The highest BCUT2D eigenvalue weighted by molar-refractivity contribution is 7.88. The quantitative estimate of drug-likeness (QED) is 0.541. The van der Waals surface area contributed by atoms with Gasteiger partial charge in [-0.2, -0.15) is 5.10 Å². The number of sulfonamides is 1. The molecule has 0 bridgehead atoms. The molecule has 1 unspecified atom stereocenters. The van der Waals surface area contributed by atoms with Gasteiger partial charge in [0.2, 0.25) is 10.0 Å². The number of halogens is 3. The first-order chi connectivity index (χ1) is 12.5. The van der Waals surface area contributed by atoms with E-state index in [1.54, 1.807) is 6.07 Å². The number of alkyl halides is 2. The largest absolute Gasteiger partial charge is 0.382 e. The number of aromatic nitrogens is 2. The molecule has 1 heterocycles. The van der Waals surface area contributed by atoms with Gasteiger partial charge < -0.3 is 5.11 Å². The minimum Gasteiger partial charge on any atom is -0.382 e. The van der Waals surface area contributed by atoms with Crippen LogP contribution in [0.3, 0.4) is 0 Å². The van der Waals surface area contributed by atoms with E-state index in [1.165, 1.54) is 25.3 Å². The van der Waals surface area contributed by atoms with Crippen molar-refractivity contribution in [3.63, 3.8) is 0 Å². The van der Waals surface area contributed by atoms with E-state index in [-0.39, 0.29) is 29.1 Å². The lowest BCUT2D eigenvalue weighted by Crippen LogP contribution is -2.42. The van der Waals surface area contributed by atoms with Gasteiger partial charge in [0.05, 0.1) is 18.0 Å². The number of aliphatic hydroxyl groups excluding tert-OH is 1. The summed E-state index contributed by atoms with van der Waals surface area (Å²) < 4.78 is 55.1. The number of nitrogens with one attached hydrogen (secondary N) is 2. The van der Waals surface area contributed by atoms with Crippen molar-refractivity contribution in [3.8, 4) is 0 Å². The number of benzene rings is 1. The van der Waals surface area contributed by atoms with Gasteiger partial charge in [0.15, 0.2) is 0 Å².